The third kappa shape index (κ3) is 2.55. The fourth-order valence-electron chi connectivity index (χ4n) is 1.37. The van der Waals surface area contributed by atoms with Gasteiger partial charge >= 0.3 is 0 Å². The summed E-state index contributed by atoms with van der Waals surface area (Å²) in [5.74, 6) is -2.46. The highest BCUT2D eigenvalue weighted by Crippen LogP contribution is 2.27. The van der Waals surface area contributed by atoms with Gasteiger partial charge in [-0.3, -0.25) is 4.90 Å². The second kappa shape index (κ2) is 3.52. The zero-order valence-electron chi connectivity index (χ0n) is 7.45. The van der Waals surface area contributed by atoms with Crippen molar-refractivity contribution in [2.24, 2.45) is 0 Å². The molecule has 1 rings (SSSR count). The van der Waals surface area contributed by atoms with Crippen molar-refractivity contribution in [3.63, 3.8) is 0 Å². The van der Waals surface area contributed by atoms with E-state index in [2.05, 4.69) is 6.58 Å². The Kier molecular flexibility index (Phi) is 2.83. The predicted molar refractivity (Wildman–Crippen MR) is 45.4 cm³/mol. The van der Waals surface area contributed by atoms with Crippen LogP contribution in [0.5, 0.6) is 0 Å². The van der Waals surface area contributed by atoms with Crippen LogP contribution in [0.15, 0.2) is 12.2 Å². The van der Waals surface area contributed by atoms with Crippen molar-refractivity contribution >= 4 is 0 Å². The molecule has 0 aromatic heterocycles. The Balaban J connectivity index is 2.33. The quantitative estimate of drug-likeness (QED) is 0.595. The summed E-state index contributed by atoms with van der Waals surface area (Å²) in [6.07, 6.45) is 0.881. The molecule has 70 valence electrons. The molecule has 0 aliphatic carbocycles. The first-order valence-corrected chi connectivity index (χ1v) is 4.30. The van der Waals surface area contributed by atoms with Gasteiger partial charge in [0, 0.05) is 19.5 Å². The van der Waals surface area contributed by atoms with Crippen LogP contribution in [0.2, 0.25) is 0 Å². The van der Waals surface area contributed by atoms with E-state index in [9.17, 15) is 8.78 Å². The minimum Gasteiger partial charge on any atom is -0.293 e. The second-order valence-electron chi connectivity index (χ2n) is 3.42. The average molecular weight is 175 g/mol. The van der Waals surface area contributed by atoms with Crippen molar-refractivity contribution in [3.05, 3.63) is 12.2 Å². The SMILES string of the molecule is C=C(CC)CN1CCC(F)(F)C1. The van der Waals surface area contributed by atoms with E-state index in [1.165, 1.54) is 0 Å². The van der Waals surface area contributed by atoms with E-state index >= 15 is 0 Å². The van der Waals surface area contributed by atoms with Gasteiger partial charge in [-0.05, 0) is 6.42 Å². The van der Waals surface area contributed by atoms with Crippen LogP contribution >= 0.6 is 0 Å². The number of hydrogen-bond acceptors (Lipinski definition) is 1. The molecule has 1 aliphatic heterocycles. The lowest BCUT2D eigenvalue weighted by Crippen LogP contribution is -2.26. The second-order valence-corrected chi connectivity index (χ2v) is 3.42. The Hall–Kier alpha value is -0.440. The molecule has 0 aromatic carbocycles. The average Bonchev–Trinajstić information content (AvgIpc) is 2.30. The fourth-order valence-corrected chi connectivity index (χ4v) is 1.37. The highest BCUT2D eigenvalue weighted by Gasteiger charge is 2.37. The summed E-state index contributed by atoms with van der Waals surface area (Å²) < 4.78 is 25.4. The Labute approximate surface area is 72.1 Å². The van der Waals surface area contributed by atoms with Crippen molar-refractivity contribution in [1.29, 1.82) is 0 Å². The minimum absolute atomic E-state index is 0.00396. The number of nitrogens with zero attached hydrogens (tertiary/aromatic N) is 1. The molecule has 1 heterocycles. The summed E-state index contributed by atoms with van der Waals surface area (Å²) in [4.78, 5) is 1.77. The molecule has 0 N–H and O–H groups in total. The summed E-state index contributed by atoms with van der Waals surface area (Å²) in [5.41, 5.74) is 1.03. The first-order chi connectivity index (χ1) is 5.53. The van der Waals surface area contributed by atoms with Gasteiger partial charge < -0.3 is 0 Å². The lowest BCUT2D eigenvalue weighted by atomic mass is 10.2. The smallest absolute Gasteiger partial charge is 0.261 e. The first kappa shape index (κ1) is 9.65. The normalized spacial score (nSPS) is 22.9. The van der Waals surface area contributed by atoms with E-state index in [1.54, 1.807) is 4.90 Å². The van der Waals surface area contributed by atoms with Gasteiger partial charge in [0.25, 0.3) is 5.92 Å². The van der Waals surface area contributed by atoms with Crippen molar-refractivity contribution in [1.82, 2.24) is 4.90 Å². The van der Waals surface area contributed by atoms with E-state index in [-0.39, 0.29) is 13.0 Å². The molecular weight excluding hydrogens is 160 g/mol. The first-order valence-electron chi connectivity index (χ1n) is 4.30. The van der Waals surface area contributed by atoms with E-state index < -0.39 is 5.92 Å². The van der Waals surface area contributed by atoms with Crippen LogP contribution in [0.4, 0.5) is 8.78 Å². The summed E-state index contributed by atoms with van der Waals surface area (Å²) in [6.45, 7) is 6.84. The molecule has 0 aromatic rings. The third-order valence-corrected chi connectivity index (χ3v) is 2.20. The van der Waals surface area contributed by atoms with Crippen LogP contribution in [-0.4, -0.2) is 30.5 Å². The molecule has 1 fully saturated rings. The standard InChI is InChI=1S/C9H15F2N/c1-3-8(2)6-12-5-4-9(10,11)7-12/h2-7H2,1H3. The lowest BCUT2D eigenvalue weighted by Gasteiger charge is -2.15. The number of likely N-dealkylation sites (tertiary alicyclic amines) is 1. The van der Waals surface area contributed by atoms with E-state index in [1.807, 2.05) is 6.92 Å². The Morgan fingerprint density at radius 2 is 2.25 bits per heavy atom. The molecule has 0 spiro atoms. The van der Waals surface area contributed by atoms with Crippen LogP contribution in [0.25, 0.3) is 0 Å². The number of alkyl halides is 2. The molecule has 0 saturated carbocycles. The van der Waals surface area contributed by atoms with Gasteiger partial charge in [-0.15, -0.1) is 0 Å². The maximum Gasteiger partial charge on any atom is 0.261 e. The molecule has 1 nitrogen and oxygen atoms in total. The van der Waals surface area contributed by atoms with E-state index in [4.69, 9.17) is 0 Å². The van der Waals surface area contributed by atoms with Gasteiger partial charge in [-0.25, -0.2) is 8.78 Å². The molecule has 0 radical (unpaired) electrons. The molecular formula is C9H15F2N. The molecule has 0 unspecified atom stereocenters. The number of hydrogen-bond donors (Lipinski definition) is 0. The van der Waals surface area contributed by atoms with Crippen molar-refractivity contribution in [2.45, 2.75) is 25.7 Å². The molecule has 1 aliphatic rings. The number of rotatable bonds is 3. The van der Waals surface area contributed by atoms with Gasteiger partial charge in [0.15, 0.2) is 0 Å². The molecule has 0 atom stereocenters. The third-order valence-electron chi connectivity index (χ3n) is 2.20. The summed E-state index contributed by atoms with van der Waals surface area (Å²) in [6, 6.07) is 0. The Bertz CT molecular complexity index is 177. The largest absolute Gasteiger partial charge is 0.293 e. The van der Waals surface area contributed by atoms with Gasteiger partial charge in [-0.2, -0.15) is 0 Å². The Morgan fingerprint density at radius 3 is 2.67 bits per heavy atom. The van der Waals surface area contributed by atoms with Gasteiger partial charge in [0.05, 0.1) is 6.54 Å². The van der Waals surface area contributed by atoms with Gasteiger partial charge in [0.2, 0.25) is 0 Å². The van der Waals surface area contributed by atoms with Crippen LogP contribution in [-0.2, 0) is 0 Å². The van der Waals surface area contributed by atoms with Crippen LogP contribution in [0.1, 0.15) is 19.8 Å². The highest BCUT2D eigenvalue weighted by molar-refractivity contribution is 4.98. The van der Waals surface area contributed by atoms with Crippen LogP contribution < -0.4 is 0 Å². The highest BCUT2D eigenvalue weighted by atomic mass is 19.3. The zero-order valence-corrected chi connectivity index (χ0v) is 7.45. The topological polar surface area (TPSA) is 3.24 Å². The molecule has 12 heavy (non-hydrogen) atoms. The molecule has 1 saturated heterocycles. The van der Waals surface area contributed by atoms with Crippen molar-refractivity contribution in [2.75, 3.05) is 19.6 Å². The summed E-state index contributed by atoms with van der Waals surface area (Å²) >= 11 is 0. The van der Waals surface area contributed by atoms with Gasteiger partial charge in [-0.1, -0.05) is 19.1 Å². The number of halogens is 2. The Morgan fingerprint density at radius 1 is 1.58 bits per heavy atom. The minimum atomic E-state index is -2.46. The van der Waals surface area contributed by atoms with Crippen LogP contribution in [0, 0.1) is 0 Å². The van der Waals surface area contributed by atoms with E-state index in [0.717, 1.165) is 12.0 Å². The molecule has 0 bridgehead atoms. The monoisotopic (exact) mass is 175 g/mol. The zero-order chi connectivity index (χ0) is 9.19. The fraction of sp³-hybridized carbons (Fsp3) is 0.778. The van der Waals surface area contributed by atoms with Crippen molar-refractivity contribution < 1.29 is 8.78 Å². The molecule has 3 heteroatoms. The summed E-state index contributed by atoms with van der Waals surface area (Å²) in [5, 5.41) is 0. The van der Waals surface area contributed by atoms with Gasteiger partial charge in [0.1, 0.15) is 0 Å². The molecule has 0 amide bonds. The predicted octanol–water partition coefficient (Wildman–Crippen LogP) is 2.29. The lowest BCUT2D eigenvalue weighted by molar-refractivity contribution is 0.0130. The maximum atomic E-state index is 12.7. The van der Waals surface area contributed by atoms with Crippen molar-refractivity contribution in [3.8, 4) is 0 Å². The van der Waals surface area contributed by atoms with E-state index in [0.29, 0.717) is 13.1 Å². The summed E-state index contributed by atoms with van der Waals surface area (Å²) in [7, 11) is 0. The van der Waals surface area contributed by atoms with Crippen LogP contribution in [0.3, 0.4) is 0 Å². The maximum absolute atomic E-state index is 12.7.